The van der Waals surface area contributed by atoms with Gasteiger partial charge in [0, 0.05) is 16.7 Å². The summed E-state index contributed by atoms with van der Waals surface area (Å²) in [6.45, 7) is 0. The Morgan fingerprint density at radius 1 is 0.207 bits per heavy atom. The Hall–Kier alpha value is -7.75. The summed E-state index contributed by atoms with van der Waals surface area (Å²) in [6, 6.07) is 79.2. The van der Waals surface area contributed by atoms with E-state index in [9.17, 15) is 0 Å². The van der Waals surface area contributed by atoms with Gasteiger partial charge in [-0.3, -0.25) is 0 Å². The van der Waals surface area contributed by atoms with Gasteiger partial charge in [-0.25, -0.2) is 15.0 Å². The lowest BCUT2D eigenvalue weighted by atomic mass is 9.91. The highest BCUT2D eigenvalue weighted by Crippen LogP contribution is 2.36. The number of aromatic nitrogens is 3. The van der Waals surface area contributed by atoms with E-state index in [0.717, 1.165) is 27.8 Å². The van der Waals surface area contributed by atoms with Gasteiger partial charge in [0.1, 0.15) is 0 Å². The number of hydrogen-bond acceptors (Lipinski definition) is 3. The zero-order valence-electron chi connectivity index (χ0n) is 31.7. The number of nitrogens with zero attached hydrogens (tertiary/aromatic N) is 3. The molecule has 0 fully saturated rings. The maximum atomic E-state index is 4.91. The molecule has 0 saturated heterocycles. The second-order valence-electron chi connectivity index (χ2n) is 14.5. The summed E-state index contributed by atoms with van der Waals surface area (Å²) >= 11 is 0. The van der Waals surface area contributed by atoms with Crippen LogP contribution in [0.2, 0.25) is 0 Å². The first-order valence-corrected chi connectivity index (χ1v) is 19.6. The third-order valence-corrected chi connectivity index (χ3v) is 10.7. The number of rotatable bonds is 8. The Morgan fingerprint density at radius 2 is 0.552 bits per heavy atom. The quantitative estimate of drug-likeness (QED) is 0.156. The highest BCUT2D eigenvalue weighted by molar-refractivity contribution is 5.99. The fourth-order valence-corrected chi connectivity index (χ4v) is 7.70. The first-order chi connectivity index (χ1) is 28.7. The maximum absolute atomic E-state index is 4.91. The van der Waals surface area contributed by atoms with Crippen LogP contribution in [-0.4, -0.2) is 15.0 Å². The van der Waals surface area contributed by atoms with E-state index >= 15 is 0 Å². The van der Waals surface area contributed by atoms with E-state index in [1.807, 2.05) is 60.7 Å². The maximum Gasteiger partial charge on any atom is 0.164 e. The molecule has 0 aliphatic heterocycles. The lowest BCUT2D eigenvalue weighted by Gasteiger charge is -2.13. The number of fused-ring (bicyclic) bond motifs is 1. The molecular weight excluding hydrogens is 703 g/mol. The first-order valence-electron chi connectivity index (χ1n) is 19.6. The third kappa shape index (κ3) is 7.09. The zero-order valence-corrected chi connectivity index (χ0v) is 31.7. The van der Waals surface area contributed by atoms with Gasteiger partial charge in [-0.15, -0.1) is 0 Å². The summed E-state index contributed by atoms with van der Waals surface area (Å²) in [6.07, 6.45) is 0. The van der Waals surface area contributed by atoms with Crippen LogP contribution in [0.15, 0.2) is 224 Å². The average Bonchev–Trinajstić information content (AvgIpc) is 3.32. The third-order valence-electron chi connectivity index (χ3n) is 10.7. The summed E-state index contributed by atoms with van der Waals surface area (Å²) in [7, 11) is 0. The van der Waals surface area contributed by atoms with Crippen LogP contribution in [0.25, 0.3) is 101 Å². The molecule has 1 heterocycles. The van der Waals surface area contributed by atoms with Crippen molar-refractivity contribution in [3.8, 4) is 89.8 Å². The Bertz CT molecular complexity index is 2880. The molecule has 0 bridgehead atoms. The summed E-state index contributed by atoms with van der Waals surface area (Å²) in [5, 5.41) is 2.42. The molecule has 0 aliphatic carbocycles. The smallest absolute Gasteiger partial charge is 0.164 e. The van der Waals surface area contributed by atoms with Gasteiger partial charge in [-0.2, -0.15) is 0 Å². The highest BCUT2D eigenvalue weighted by atomic mass is 15.0. The molecule has 0 radical (unpaired) electrons. The molecule has 0 aliphatic rings. The molecule has 3 nitrogen and oxygen atoms in total. The van der Waals surface area contributed by atoms with E-state index in [0.29, 0.717) is 17.5 Å². The highest BCUT2D eigenvalue weighted by Gasteiger charge is 2.14. The monoisotopic (exact) mass is 739 g/mol. The van der Waals surface area contributed by atoms with Gasteiger partial charge < -0.3 is 0 Å². The SMILES string of the molecule is c1ccc(-c2cc(-c3ccccc3)cc(-c3ccc(-c4cccc5cc(-c6ccc(-c7nc(-c8ccccc8)nc(-c8ccccc8)n7)cc6)ccc45)cc3)c2)cc1. The molecule has 3 heteroatoms. The van der Waals surface area contributed by atoms with Crippen molar-refractivity contribution in [2.24, 2.45) is 0 Å². The van der Waals surface area contributed by atoms with E-state index in [2.05, 4.69) is 164 Å². The van der Waals surface area contributed by atoms with Crippen LogP contribution < -0.4 is 0 Å². The van der Waals surface area contributed by atoms with E-state index in [4.69, 9.17) is 15.0 Å². The molecule has 0 atom stereocenters. The van der Waals surface area contributed by atoms with Crippen molar-refractivity contribution >= 4 is 10.8 Å². The van der Waals surface area contributed by atoms with Gasteiger partial charge in [0.2, 0.25) is 0 Å². The Kier molecular flexibility index (Phi) is 9.23. The Balaban J connectivity index is 0.947. The minimum Gasteiger partial charge on any atom is -0.208 e. The Labute approximate surface area is 338 Å². The normalized spacial score (nSPS) is 11.1. The van der Waals surface area contributed by atoms with Gasteiger partial charge in [0.15, 0.2) is 17.5 Å². The fourth-order valence-electron chi connectivity index (χ4n) is 7.70. The van der Waals surface area contributed by atoms with Crippen LogP contribution >= 0.6 is 0 Å². The molecular formula is C55H37N3. The number of hydrogen-bond donors (Lipinski definition) is 0. The van der Waals surface area contributed by atoms with Crippen molar-refractivity contribution in [1.29, 1.82) is 0 Å². The van der Waals surface area contributed by atoms with Gasteiger partial charge in [0.25, 0.3) is 0 Å². The van der Waals surface area contributed by atoms with E-state index in [1.165, 1.54) is 55.3 Å². The van der Waals surface area contributed by atoms with Crippen molar-refractivity contribution in [3.05, 3.63) is 224 Å². The van der Waals surface area contributed by atoms with Crippen LogP contribution in [0.3, 0.4) is 0 Å². The second-order valence-corrected chi connectivity index (χ2v) is 14.5. The summed E-state index contributed by atoms with van der Waals surface area (Å²) in [5.74, 6) is 1.96. The topological polar surface area (TPSA) is 38.7 Å². The number of benzene rings is 9. The molecule has 9 aromatic carbocycles. The summed E-state index contributed by atoms with van der Waals surface area (Å²) < 4.78 is 0. The van der Waals surface area contributed by atoms with E-state index in [1.54, 1.807) is 0 Å². The van der Waals surface area contributed by atoms with Crippen LogP contribution in [0.1, 0.15) is 0 Å². The largest absolute Gasteiger partial charge is 0.208 e. The van der Waals surface area contributed by atoms with Crippen molar-refractivity contribution in [2.45, 2.75) is 0 Å². The molecule has 0 saturated carbocycles. The van der Waals surface area contributed by atoms with Crippen molar-refractivity contribution in [2.75, 3.05) is 0 Å². The Morgan fingerprint density at radius 3 is 1.02 bits per heavy atom. The molecule has 10 aromatic rings. The molecule has 0 amide bonds. The lowest BCUT2D eigenvalue weighted by Crippen LogP contribution is -2.00. The van der Waals surface area contributed by atoms with Gasteiger partial charge in [-0.05, 0) is 90.7 Å². The van der Waals surface area contributed by atoms with Gasteiger partial charge in [-0.1, -0.05) is 200 Å². The molecule has 0 spiro atoms. The van der Waals surface area contributed by atoms with Crippen molar-refractivity contribution in [1.82, 2.24) is 15.0 Å². The van der Waals surface area contributed by atoms with Crippen molar-refractivity contribution in [3.63, 3.8) is 0 Å². The van der Waals surface area contributed by atoms with Crippen molar-refractivity contribution < 1.29 is 0 Å². The standard InChI is InChI=1S/C55H37N3/c1-5-14-38(15-6-1)48-35-49(39-16-7-2-8-17-39)37-50(36-48)41-24-28-42(29-25-41)51-23-13-22-47-34-46(32-33-52(47)51)40-26-30-45(31-27-40)55-57-53(43-18-9-3-10-19-43)56-54(58-55)44-20-11-4-12-21-44/h1-37H. The predicted octanol–water partition coefficient (Wildman–Crippen LogP) is 14.4. The van der Waals surface area contributed by atoms with Gasteiger partial charge >= 0.3 is 0 Å². The molecule has 0 N–H and O–H groups in total. The first kappa shape index (κ1) is 34.7. The molecule has 58 heavy (non-hydrogen) atoms. The van der Waals surface area contributed by atoms with Gasteiger partial charge in [0.05, 0.1) is 0 Å². The summed E-state index contributed by atoms with van der Waals surface area (Å²) in [5.41, 5.74) is 14.8. The van der Waals surface area contributed by atoms with E-state index < -0.39 is 0 Å². The van der Waals surface area contributed by atoms with Crippen LogP contribution in [0.4, 0.5) is 0 Å². The minimum atomic E-state index is 0.647. The molecule has 0 unspecified atom stereocenters. The molecule has 1 aromatic heterocycles. The minimum absolute atomic E-state index is 0.647. The summed E-state index contributed by atoms with van der Waals surface area (Å²) in [4.78, 5) is 14.7. The van der Waals surface area contributed by atoms with Crippen LogP contribution in [0, 0.1) is 0 Å². The average molecular weight is 740 g/mol. The molecule has 272 valence electrons. The lowest BCUT2D eigenvalue weighted by molar-refractivity contribution is 1.07. The fraction of sp³-hybridized carbons (Fsp3) is 0. The zero-order chi connectivity index (χ0) is 38.7. The van der Waals surface area contributed by atoms with Crippen LogP contribution in [-0.2, 0) is 0 Å². The predicted molar refractivity (Wildman–Crippen MR) is 241 cm³/mol. The molecule has 10 rings (SSSR count). The van der Waals surface area contributed by atoms with Crippen LogP contribution in [0.5, 0.6) is 0 Å². The second kappa shape index (κ2) is 15.4. The van der Waals surface area contributed by atoms with E-state index in [-0.39, 0.29) is 0 Å².